The number of nitrogens with one attached hydrogen (secondary N) is 1. The van der Waals surface area contributed by atoms with Gasteiger partial charge in [-0.3, -0.25) is 0 Å². The fourth-order valence-electron chi connectivity index (χ4n) is 3.06. The standard InChI is InChI=1S/C14H29NO2S/c1-4-15-14-9-8-12(3)11-13(14)7-6-10-18(16,17)5-2/h12-15H,4-11H2,1-3H3. The van der Waals surface area contributed by atoms with Crippen molar-refractivity contribution < 1.29 is 8.42 Å². The van der Waals surface area contributed by atoms with Gasteiger partial charge in [-0.2, -0.15) is 0 Å². The second-order valence-electron chi connectivity index (χ2n) is 5.72. The van der Waals surface area contributed by atoms with Crippen molar-refractivity contribution in [3.8, 4) is 0 Å². The molecule has 0 aromatic heterocycles. The molecule has 1 aliphatic rings. The first-order valence-electron chi connectivity index (χ1n) is 7.42. The van der Waals surface area contributed by atoms with Crippen LogP contribution in [0.1, 0.15) is 52.9 Å². The topological polar surface area (TPSA) is 46.2 Å². The van der Waals surface area contributed by atoms with Gasteiger partial charge in [0.15, 0.2) is 0 Å². The minimum atomic E-state index is -2.78. The molecule has 108 valence electrons. The van der Waals surface area contributed by atoms with Crippen LogP contribution in [0, 0.1) is 11.8 Å². The van der Waals surface area contributed by atoms with Crippen molar-refractivity contribution in [3.05, 3.63) is 0 Å². The van der Waals surface area contributed by atoms with Crippen LogP contribution in [0.5, 0.6) is 0 Å². The average molecular weight is 275 g/mol. The lowest BCUT2D eigenvalue weighted by molar-refractivity contribution is 0.204. The Balaban J connectivity index is 2.41. The zero-order valence-corrected chi connectivity index (χ0v) is 12.9. The van der Waals surface area contributed by atoms with Crippen LogP contribution in [0.3, 0.4) is 0 Å². The van der Waals surface area contributed by atoms with Crippen molar-refractivity contribution in [2.75, 3.05) is 18.1 Å². The van der Waals surface area contributed by atoms with Crippen LogP contribution in [-0.4, -0.2) is 32.5 Å². The Bertz CT molecular complexity index is 327. The molecular formula is C14H29NO2S. The maximum Gasteiger partial charge on any atom is 0.150 e. The Hall–Kier alpha value is -0.0900. The lowest BCUT2D eigenvalue weighted by atomic mass is 9.77. The highest BCUT2D eigenvalue weighted by Gasteiger charge is 2.27. The van der Waals surface area contributed by atoms with Crippen LogP contribution in [0.2, 0.25) is 0 Å². The Morgan fingerprint density at radius 3 is 2.56 bits per heavy atom. The lowest BCUT2D eigenvalue weighted by Crippen LogP contribution is -2.40. The van der Waals surface area contributed by atoms with Gasteiger partial charge in [0.1, 0.15) is 9.84 Å². The van der Waals surface area contributed by atoms with Crippen LogP contribution in [-0.2, 0) is 9.84 Å². The second kappa shape index (κ2) is 7.49. The van der Waals surface area contributed by atoms with E-state index in [9.17, 15) is 8.42 Å². The lowest BCUT2D eigenvalue weighted by Gasteiger charge is -2.35. The van der Waals surface area contributed by atoms with E-state index in [1.807, 2.05) is 0 Å². The molecule has 1 saturated carbocycles. The molecule has 1 rings (SSSR count). The van der Waals surface area contributed by atoms with Gasteiger partial charge < -0.3 is 5.32 Å². The summed E-state index contributed by atoms with van der Waals surface area (Å²) in [6.45, 7) is 7.22. The molecule has 3 unspecified atom stereocenters. The van der Waals surface area contributed by atoms with E-state index in [1.54, 1.807) is 6.92 Å². The molecule has 18 heavy (non-hydrogen) atoms. The molecule has 1 fully saturated rings. The molecule has 4 heteroatoms. The van der Waals surface area contributed by atoms with Crippen molar-refractivity contribution in [2.45, 2.75) is 58.9 Å². The number of rotatable bonds is 7. The third kappa shape index (κ3) is 5.27. The molecule has 0 heterocycles. The van der Waals surface area contributed by atoms with Crippen LogP contribution in [0.25, 0.3) is 0 Å². The van der Waals surface area contributed by atoms with Gasteiger partial charge in [-0.25, -0.2) is 8.42 Å². The normalized spacial score (nSPS) is 29.4. The van der Waals surface area contributed by atoms with Crippen molar-refractivity contribution in [3.63, 3.8) is 0 Å². The van der Waals surface area contributed by atoms with Gasteiger partial charge in [-0.05, 0) is 50.5 Å². The zero-order chi connectivity index (χ0) is 13.6. The largest absolute Gasteiger partial charge is 0.314 e. The Morgan fingerprint density at radius 2 is 1.94 bits per heavy atom. The summed E-state index contributed by atoms with van der Waals surface area (Å²) in [5.74, 6) is 2.12. The van der Waals surface area contributed by atoms with Crippen LogP contribution >= 0.6 is 0 Å². The molecule has 0 spiro atoms. The fraction of sp³-hybridized carbons (Fsp3) is 1.00. The molecule has 3 atom stereocenters. The van der Waals surface area contributed by atoms with Gasteiger partial charge in [-0.1, -0.05) is 20.8 Å². The first-order chi connectivity index (χ1) is 8.48. The Morgan fingerprint density at radius 1 is 1.22 bits per heavy atom. The molecule has 0 radical (unpaired) electrons. The van der Waals surface area contributed by atoms with E-state index in [0.29, 0.717) is 17.7 Å². The number of hydrogen-bond acceptors (Lipinski definition) is 3. The number of hydrogen-bond donors (Lipinski definition) is 1. The highest BCUT2D eigenvalue weighted by molar-refractivity contribution is 7.91. The predicted molar refractivity (Wildman–Crippen MR) is 77.5 cm³/mol. The summed E-state index contributed by atoms with van der Waals surface area (Å²) in [5.41, 5.74) is 0. The maximum atomic E-state index is 11.5. The molecule has 1 N–H and O–H groups in total. The fourth-order valence-corrected chi connectivity index (χ4v) is 3.95. The monoisotopic (exact) mass is 275 g/mol. The van der Waals surface area contributed by atoms with E-state index >= 15 is 0 Å². The molecule has 0 aromatic rings. The van der Waals surface area contributed by atoms with Crippen molar-refractivity contribution in [2.24, 2.45) is 11.8 Å². The predicted octanol–water partition coefficient (Wildman–Crippen LogP) is 2.62. The minimum Gasteiger partial charge on any atom is -0.314 e. The smallest absolute Gasteiger partial charge is 0.150 e. The van der Waals surface area contributed by atoms with Gasteiger partial charge in [0.25, 0.3) is 0 Å². The summed E-state index contributed by atoms with van der Waals surface area (Å²) >= 11 is 0. The van der Waals surface area contributed by atoms with Gasteiger partial charge in [-0.15, -0.1) is 0 Å². The summed E-state index contributed by atoms with van der Waals surface area (Å²) in [4.78, 5) is 0. The van der Waals surface area contributed by atoms with Gasteiger partial charge >= 0.3 is 0 Å². The summed E-state index contributed by atoms with van der Waals surface area (Å²) in [7, 11) is -2.78. The van der Waals surface area contributed by atoms with Gasteiger partial charge in [0, 0.05) is 11.8 Å². The third-order valence-corrected chi connectivity index (χ3v) is 5.97. The van der Waals surface area contributed by atoms with Crippen molar-refractivity contribution in [1.29, 1.82) is 0 Å². The molecular weight excluding hydrogens is 246 g/mol. The Kier molecular flexibility index (Phi) is 6.64. The maximum absolute atomic E-state index is 11.5. The average Bonchev–Trinajstić information content (AvgIpc) is 2.32. The SMILES string of the molecule is CCNC1CCC(C)CC1CCCS(=O)(=O)CC. The third-order valence-electron chi connectivity index (χ3n) is 4.18. The summed E-state index contributed by atoms with van der Waals surface area (Å²) in [5, 5.41) is 3.57. The van der Waals surface area contributed by atoms with Crippen molar-refractivity contribution in [1.82, 2.24) is 5.32 Å². The van der Waals surface area contributed by atoms with Crippen LogP contribution in [0.15, 0.2) is 0 Å². The molecule has 0 aliphatic heterocycles. The summed E-state index contributed by atoms with van der Waals surface area (Å²) in [6, 6.07) is 0.607. The summed E-state index contributed by atoms with van der Waals surface area (Å²) in [6.07, 6.45) is 5.70. The van der Waals surface area contributed by atoms with Crippen LogP contribution in [0.4, 0.5) is 0 Å². The van der Waals surface area contributed by atoms with Gasteiger partial charge in [0.2, 0.25) is 0 Å². The van der Waals surface area contributed by atoms with Crippen molar-refractivity contribution >= 4 is 9.84 Å². The van der Waals surface area contributed by atoms with E-state index in [2.05, 4.69) is 19.2 Å². The molecule has 0 amide bonds. The minimum absolute atomic E-state index is 0.282. The Labute approximate surface area is 113 Å². The first-order valence-corrected chi connectivity index (χ1v) is 9.24. The molecule has 3 nitrogen and oxygen atoms in total. The van der Waals surface area contributed by atoms with E-state index in [0.717, 1.165) is 25.3 Å². The first kappa shape index (κ1) is 16.0. The van der Waals surface area contributed by atoms with Gasteiger partial charge in [0.05, 0.1) is 5.75 Å². The highest BCUT2D eigenvalue weighted by atomic mass is 32.2. The van der Waals surface area contributed by atoms with E-state index < -0.39 is 9.84 Å². The molecule has 1 aliphatic carbocycles. The number of sulfone groups is 1. The quantitative estimate of drug-likeness (QED) is 0.777. The zero-order valence-electron chi connectivity index (χ0n) is 12.1. The molecule has 0 saturated heterocycles. The van der Waals surface area contributed by atoms with E-state index in [1.165, 1.54) is 19.3 Å². The highest BCUT2D eigenvalue weighted by Crippen LogP contribution is 2.32. The van der Waals surface area contributed by atoms with E-state index in [4.69, 9.17) is 0 Å². The van der Waals surface area contributed by atoms with Crippen LogP contribution < -0.4 is 5.32 Å². The van der Waals surface area contributed by atoms with E-state index in [-0.39, 0.29) is 5.75 Å². The second-order valence-corrected chi connectivity index (χ2v) is 8.19. The molecule has 0 bridgehead atoms. The summed E-state index contributed by atoms with van der Waals surface area (Å²) < 4.78 is 23.0. The molecule has 0 aromatic carbocycles.